The number of benzene rings is 4. The zero-order valence-corrected chi connectivity index (χ0v) is 35.0. The van der Waals surface area contributed by atoms with Crippen molar-refractivity contribution in [2.45, 2.75) is 58.9 Å². The van der Waals surface area contributed by atoms with E-state index in [2.05, 4.69) is 69.0 Å². The Labute approximate surface area is 330 Å². The van der Waals surface area contributed by atoms with E-state index in [9.17, 15) is 52.7 Å². The summed E-state index contributed by atoms with van der Waals surface area (Å²) in [6, 6.07) is 0. The minimum absolute atomic E-state index is 1.29. The van der Waals surface area contributed by atoms with Crippen LogP contribution in [0.25, 0.3) is 4.95 Å². The molecular weight excluding hydrogens is 911 g/mol. The fraction of sp³-hybridized carbons (Fsp3) is 0.265. The van der Waals surface area contributed by atoms with Crippen molar-refractivity contribution < 1.29 is 87.8 Å². The summed E-state index contributed by atoms with van der Waals surface area (Å²) < 4.78 is 296. The second kappa shape index (κ2) is 16.7. The topological polar surface area (TPSA) is 7.60 Å². The molecule has 0 saturated carbocycles. The molecule has 0 heterocycles. The lowest BCUT2D eigenvalue weighted by Gasteiger charge is -2.44. The van der Waals surface area contributed by atoms with Crippen LogP contribution < -0.4 is 21.9 Å². The van der Waals surface area contributed by atoms with E-state index < -0.39 is 169 Å². The second-order valence-corrected chi connectivity index (χ2v) is 30.6. The average Bonchev–Trinajstić information content (AvgIpc) is 3.13. The highest BCUT2D eigenvalue weighted by molar-refractivity contribution is 7.20. The fourth-order valence-electron chi connectivity index (χ4n) is 6.38. The summed E-state index contributed by atoms with van der Waals surface area (Å²) in [4.78, 5) is 4.71. The Kier molecular flexibility index (Phi) is 13.9. The largest absolute Gasteiger partial charge is 0.264 e. The summed E-state index contributed by atoms with van der Waals surface area (Å²) in [5, 5.41) is 0. The summed E-state index contributed by atoms with van der Waals surface area (Å²) >= 11 is 0. The zero-order valence-electron chi connectivity index (χ0n) is 32.0. The van der Waals surface area contributed by atoms with Crippen molar-refractivity contribution in [3.8, 4) is 5.69 Å². The van der Waals surface area contributed by atoms with E-state index in [1.54, 1.807) is 0 Å². The maximum atomic E-state index is 15.4. The molecule has 0 bridgehead atoms. The first kappa shape index (κ1) is 49.8. The molecule has 4 aromatic rings. The molecule has 0 aliphatic carbocycles. The van der Waals surface area contributed by atoms with Gasteiger partial charge in [-0.1, -0.05) is 19.6 Å². The highest BCUT2D eigenvalue weighted by Crippen LogP contribution is 2.31. The van der Waals surface area contributed by atoms with Gasteiger partial charge in [0.1, 0.15) is 52.7 Å². The van der Waals surface area contributed by atoms with E-state index in [-0.39, 0.29) is 0 Å². The summed E-state index contributed by atoms with van der Waals surface area (Å²) in [7, 11) is -3.96. The maximum absolute atomic E-state index is 15.4. The SMILES string of the molecule is C[Si](C)(C)C#[N+]N([Si](C)(C)C)[Si](C)(C)C.Fc1c(F)c(F)c([B-](c2c(F)c(F)c(F)c(F)c2F)(c2c(F)c(F)c(F)c(F)c2F)c2c(F)c(F)c(F)c(F)c2F)c(F)c1F. The molecule has 4 rings (SSSR count). The van der Waals surface area contributed by atoms with Crippen molar-refractivity contribution in [2.75, 3.05) is 0 Å². The summed E-state index contributed by atoms with van der Waals surface area (Å²) in [6.07, 6.45) is -7.22. The maximum Gasteiger partial charge on any atom is 0.264 e. The smallest absolute Gasteiger partial charge is 0.207 e. The van der Waals surface area contributed by atoms with Gasteiger partial charge in [0.25, 0.3) is 5.69 Å². The Bertz CT molecular complexity index is 2070. The van der Waals surface area contributed by atoms with Crippen molar-refractivity contribution in [3.63, 3.8) is 0 Å². The third-order valence-electron chi connectivity index (χ3n) is 8.46. The van der Waals surface area contributed by atoms with Gasteiger partial charge in [0, 0.05) is 0 Å². The van der Waals surface area contributed by atoms with Gasteiger partial charge in [-0.2, -0.15) is 0 Å². The van der Waals surface area contributed by atoms with Crippen LogP contribution in [-0.2, 0) is 0 Å². The molecule has 0 aliphatic rings. The first-order valence-corrected chi connectivity index (χ1v) is 26.9. The van der Waals surface area contributed by atoms with Crippen molar-refractivity contribution in [3.05, 3.63) is 121 Å². The quantitative estimate of drug-likeness (QED) is 0.0615. The molecule has 0 unspecified atom stereocenters. The highest BCUT2D eigenvalue weighted by atomic mass is 28.4. The van der Waals surface area contributed by atoms with Gasteiger partial charge in [0.05, 0.1) is 4.95 Å². The molecule has 0 aliphatic heterocycles. The molecule has 0 N–H and O–H groups in total. The molecule has 328 valence electrons. The molecule has 0 amide bonds. The van der Waals surface area contributed by atoms with Gasteiger partial charge in [-0.3, -0.25) is 0 Å². The van der Waals surface area contributed by atoms with Crippen molar-refractivity contribution in [1.29, 1.82) is 0 Å². The number of nitrogens with zero attached hydrogens (tertiary/aromatic N) is 2. The minimum Gasteiger partial charge on any atom is -0.207 e. The van der Waals surface area contributed by atoms with E-state index >= 15 is 35.1 Å². The van der Waals surface area contributed by atoms with Crippen molar-refractivity contribution in [2.24, 2.45) is 0 Å². The highest BCUT2D eigenvalue weighted by Gasteiger charge is 2.52. The Morgan fingerprint density at radius 2 is 0.450 bits per heavy atom. The Morgan fingerprint density at radius 3 is 0.583 bits per heavy atom. The molecule has 0 spiro atoms. The van der Waals surface area contributed by atoms with E-state index in [1.165, 1.54) is 0 Å². The van der Waals surface area contributed by atoms with Crippen molar-refractivity contribution in [1.82, 2.24) is 4.34 Å². The molecule has 0 saturated heterocycles. The van der Waals surface area contributed by atoms with E-state index in [0.29, 0.717) is 0 Å². The predicted octanol–water partition coefficient (Wildman–Crippen LogP) is 9.93. The van der Waals surface area contributed by atoms with E-state index in [0.717, 1.165) is 0 Å². The molecule has 0 radical (unpaired) electrons. The summed E-state index contributed by atoms with van der Waals surface area (Å²) in [5.41, 5.74) is -10.9. The molecule has 2 nitrogen and oxygen atoms in total. The monoisotopic (exact) mass is 938 g/mol. The van der Waals surface area contributed by atoms with Crippen LogP contribution in [-0.4, -0.2) is 35.0 Å². The van der Waals surface area contributed by atoms with Crippen LogP contribution in [0, 0.1) is 122 Å². The van der Waals surface area contributed by atoms with Gasteiger partial charge < -0.3 is 0 Å². The lowest BCUT2D eigenvalue weighted by molar-refractivity contribution is 0.378. The zero-order chi connectivity index (χ0) is 46.8. The molecular formula is C34H27BF20N2Si3. The Hall–Kier alpha value is -4.51. The van der Waals surface area contributed by atoms with Gasteiger partial charge in [-0.25, -0.2) is 87.8 Å². The van der Waals surface area contributed by atoms with Crippen LogP contribution in [0.5, 0.6) is 0 Å². The fourth-order valence-corrected chi connectivity index (χ4v) is 15.7. The lowest BCUT2D eigenvalue weighted by atomic mass is 9.12. The molecule has 60 heavy (non-hydrogen) atoms. The van der Waals surface area contributed by atoms with Crippen LogP contribution in [0.4, 0.5) is 87.8 Å². The summed E-state index contributed by atoms with van der Waals surface area (Å²) in [5.74, 6) is -71.4. The molecule has 26 heteroatoms. The second-order valence-electron chi connectivity index (χ2n) is 15.9. The number of hydrogen-bond donors (Lipinski definition) is 0. The first-order chi connectivity index (χ1) is 27.0. The van der Waals surface area contributed by atoms with Gasteiger partial charge in [-0.05, 0) is 39.3 Å². The number of hydrogen-bond acceptors (Lipinski definition) is 1. The van der Waals surface area contributed by atoms with Crippen LogP contribution in [0.3, 0.4) is 0 Å². The molecule has 0 atom stereocenters. The first-order valence-electron chi connectivity index (χ1n) is 16.6. The third-order valence-corrected chi connectivity index (χ3v) is 16.0. The van der Waals surface area contributed by atoms with Crippen LogP contribution >= 0.6 is 0 Å². The normalized spacial score (nSPS) is 12.3. The Morgan fingerprint density at radius 1 is 0.300 bits per heavy atom. The van der Waals surface area contributed by atoms with Crippen LogP contribution in [0.2, 0.25) is 58.9 Å². The lowest BCUT2D eigenvalue weighted by Crippen LogP contribution is -2.81. The number of rotatable bonds is 6. The van der Waals surface area contributed by atoms with Gasteiger partial charge >= 0.3 is 0 Å². The minimum atomic E-state index is -7.22. The van der Waals surface area contributed by atoms with Crippen LogP contribution in [0.1, 0.15) is 0 Å². The van der Waals surface area contributed by atoms with Gasteiger partial charge in [-0.15, -0.1) is 26.2 Å². The average molecular weight is 939 g/mol. The van der Waals surface area contributed by atoms with Crippen LogP contribution in [0.15, 0.2) is 0 Å². The third kappa shape index (κ3) is 8.27. The standard InChI is InChI=1S/C24BF20.C10H27N2Si3/c26-5-1(6(27)14(35)21(42)13(5)34)25(2-7(28)15(36)22(43)16(37)8(2)29,3-9(30)17(38)23(44)18(39)10(3)31)4-11(32)19(40)24(45)20(41)12(4)33;1-13(2,3)10-11-12(14(4,5)6)15(7,8)9/h;1-9H3/q-1;+1. The van der Waals surface area contributed by atoms with E-state index in [4.69, 9.17) is 4.95 Å². The Balaban J connectivity index is 0.000000544. The predicted molar refractivity (Wildman–Crippen MR) is 188 cm³/mol. The summed E-state index contributed by atoms with van der Waals surface area (Å²) in [6.45, 7) is 21.0. The molecule has 4 aromatic carbocycles. The molecule has 0 aromatic heterocycles. The van der Waals surface area contributed by atoms with Gasteiger partial charge in [0.15, 0.2) is 69.8 Å². The number of halogens is 20. The van der Waals surface area contributed by atoms with Gasteiger partial charge in [0.2, 0.25) is 24.5 Å². The molecule has 0 fully saturated rings. The van der Waals surface area contributed by atoms with Crippen molar-refractivity contribution >= 4 is 52.5 Å². The van der Waals surface area contributed by atoms with E-state index in [1.807, 2.05) is 0 Å².